The average Bonchev–Trinajstić information content (AvgIpc) is 2.91. The maximum absolute atomic E-state index is 12.9. The Morgan fingerprint density at radius 3 is 2.78 bits per heavy atom. The number of pyridine rings is 1. The number of hydrogen-bond donors (Lipinski definition) is 0. The number of aromatic nitrogens is 1. The van der Waals surface area contributed by atoms with Crippen LogP contribution in [-0.4, -0.2) is 27.2 Å². The van der Waals surface area contributed by atoms with E-state index in [9.17, 15) is 4.79 Å². The number of ether oxygens (including phenoxy) is 1. The molecule has 0 N–H and O–H groups in total. The van der Waals surface area contributed by atoms with Crippen LogP contribution in [0.3, 0.4) is 0 Å². The number of amides is 1. The third-order valence-corrected chi connectivity index (χ3v) is 5.84. The molecule has 1 aliphatic heterocycles. The minimum absolute atomic E-state index is 0.0600. The van der Waals surface area contributed by atoms with E-state index < -0.39 is 0 Å². The van der Waals surface area contributed by atoms with Crippen molar-refractivity contribution < 1.29 is 9.53 Å². The highest BCUT2D eigenvalue weighted by Gasteiger charge is 2.32. The van der Waals surface area contributed by atoms with Gasteiger partial charge < -0.3 is 4.74 Å². The quantitative estimate of drug-likeness (QED) is 0.528. The van der Waals surface area contributed by atoms with Crippen LogP contribution in [0.15, 0.2) is 41.6 Å². The van der Waals surface area contributed by atoms with E-state index in [-0.39, 0.29) is 5.91 Å². The molecule has 2 heterocycles. The van der Waals surface area contributed by atoms with Gasteiger partial charge in [0.05, 0.1) is 18.6 Å². The third kappa shape index (κ3) is 4.22. The van der Waals surface area contributed by atoms with Gasteiger partial charge in [0.1, 0.15) is 10.1 Å². The number of methoxy groups -OCH3 is 1. The van der Waals surface area contributed by atoms with Gasteiger partial charge in [0.2, 0.25) is 0 Å². The fourth-order valence-corrected chi connectivity index (χ4v) is 4.20. The summed E-state index contributed by atoms with van der Waals surface area (Å²) in [5, 5.41) is 0. The second-order valence-electron chi connectivity index (χ2n) is 6.73. The lowest BCUT2D eigenvalue weighted by Gasteiger charge is -2.15. The normalized spacial score (nSPS) is 15.9. The van der Waals surface area contributed by atoms with Crippen molar-refractivity contribution >= 4 is 40.3 Å². The number of rotatable bonds is 5. The van der Waals surface area contributed by atoms with Crippen LogP contribution in [0.1, 0.15) is 42.0 Å². The van der Waals surface area contributed by atoms with Gasteiger partial charge in [-0.2, -0.15) is 0 Å². The van der Waals surface area contributed by atoms with Gasteiger partial charge in [0, 0.05) is 12.4 Å². The summed E-state index contributed by atoms with van der Waals surface area (Å²) in [4.78, 5) is 19.3. The maximum Gasteiger partial charge on any atom is 0.266 e. The Balaban J connectivity index is 1.91. The van der Waals surface area contributed by atoms with Gasteiger partial charge in [-0.15, -0.1) is 0 Å². The van der Waals surface area contributed by atoms with Crippen LogP contribution < -0.4 is 4.74 Å². The van der Waals surface area contributed by atoms with E-state index in [1.54, 1.807) is 24.4 Å². The van der Waals surface area contributed by atoms with Crippen LogP contribution >= 0.6 is 24.0 Å². The number of thioether (sulfide) groups is 1. The molecule has 27 heavy (non-hydrogen) atoms. The van der Waals surface area contributed by atoms with Crippen LogP contribution in [-0.2, 0) is 11.3 Å². The number of benzene rings is 1. The molecule has 1 aliphatic rings. The van der Waals surface area contributed by atoms with Gasteiger partial charge in [-0.25, -0.2) is 0 Å². The summed E-state index contributed by atoms with van der Waals surface area (Å²) in [6, 6.07) is 7.93. The molecule has 0 aliphatic carbocycles. The lowest BCUT2D eigenvalue weighted by molar-refractivity contribution is -0.122. The summed E-state index contributed by atoms with van der Waals surface area (Å²) < 4.78 is 6.08. The molecule has 0 spiro atoms. The second kappa shape index (κ2) is 8.23. The van der Waals surface area contributed by atoms with Crippen molar-refractivity contribution in [2.75, 3.05) is 7.11 Å². The van der Waals surface area contributed by atoms with Crippen molar-refractivity contribution in [3.05, 3.63) is 63.8 Å². The fraction of sp³-hybridized carbons (Fsp3) is 0.286. The summed E-state index contributed by atoms with van der Waals surface area (Å²) in [7, 11) is 1.68. The van der Waals surface area contributed by atoms with Crippen molar-refractivity contribution in [2.24, 2.45) is 0 Å². The number of thiocarbonyl (C=S) groups is 1. The van der Waals surface area contributed by atoms with E-state index in [1.807, 2.05) is 31.2 Å². The van der Waals surface area contributed by atoms with Crippen molar-refractivity contribution in [1.29, 1.82) is 0 Å². The van der Waals surface area contributed by atoms with E-state index in [0.29, 0.717) is 21.7 Å². The third-order valence-electron chi connectivity index (χ3n) is 4.46. The first-order valence-electron chi connectivity index (χ1n) is 8.73. The first-order chi connectivity index (χ1) is 12.9. The van der Waals surface area contributed by atoms with Crippen LogP contribution in [0, 0.1) is 6.92 Å². The van der Waals surface area contributed by atoms with Gasteiger partial charge in [-0.3, -0.25) is 14.7 Å². The molecule has 1 amide bonds. The molecule has 1 aromatic heterocycles. The summed E-state index contributed by atoms with van der Waals surface area (Å²) >= 11 is 6.78. The lowest BCUT2D eigenvalue weighted by Crippen LogP contribution is -2.27. The molecule has 2 aromatic rings. The Kier molecular flexibility index (Phi) is 5.97. The zero-order valence-electron chi connectivity index (χ0n) is 15.9. The largest absolute Gasteiger partial charge is 0.496 e. The predicted octanol–water partition coefficient (Wildman–Crippen LogP) is 4.92. The number of carbonyl (C=O) groups excluding carboxylic acids is 1. The SMILES string of the molecule is COc1cc(C)c(/C=C2\SC(=S)N(Cc3cccnc3)C2=O)cc1C(C)C. The molecule has 0 unspecified atom stereocenters. The Hall–Kier alpha value is -2.18. The van der Waals surface area contributed by atoms with E-state index in [1.165, 1.54) is 11.8 Å². The van der Waals surface area contributed by atoms with Gasteiger partial charge >= 0.3 is 0 Å². The van der Waals surface area contributed by atoms with E-state index >= 15 is 0 Å². The number of aryl methyl sites for hydroxylation is 1. The molecule has 1 fully saturated rings. The molecule has 0 atom stereocenters. The van der Waals surface area contributed by atoms with Crippen molar-refractivity contribution in [3.8, 4) is 5.75 Å². The Labute approximate surface area is 169 Å². The minimum atomic E-state index is -0.0600. The summed E-state index contributed by atoms with van der Waals surface area (Å²) in [5.41, 5.74) is 4.16. The second-order valence-corrected chi connectivity index (χ2v) is 8.41. The smallest absolute Gasteiger partial charge is 0.266 e. The van der Waals surface area contributed by atoms with E-state index in [0.717, 1.165) is 28.0 Å². The Morgan fingerprint density at radius 1 is 1.37 bits per heavy atom. The highest BCUT2D eigenvalue weighted by Crippen LogP contribution is 2.36. The summed E-state index contributed by atoms with van der Waals surface area (Å²) in [5.74, 6) is 1.15. The van der Waals surface area contributed by atoms with Crippen molar-refractivity contribution in [1.82, 2.24) is 9.88 Å². The lowest BCUT2D eigenvalue weighted by atomic mass is 9.96. The molecular formula is C21H22N2O2S2. The first kappa shape index (κ1) is 19.6. The van der Waals surface area contributed by atoms with Crippen molar-refractivity contribution in [2.45, 2.75) is 33.2 Å². The Bertz CT molecular complexity index is 908. The zero-order valence-corrected chi connectivity index (χ0v) is 17.5. The summed E-state index contributed by atoms with van der Waals surface area (Å²) in [6.07, 6.45) is 5.40. The first-order valence-corrected chi connectivity index (χ1v) is 9.96. The number of hydrogen-bond acceptors (Lipinski definition) is 5. The van der Waals surface area contributed by atoms with Gasteiger partial charge in [0.15, 0.2) is 0 Å². The molecule has 0 saturated carbocycles. The number of carbonyl (C=O) groups is 1. The predicted molar refractivity (Wildman–Crippen MR) is 115 cm³/mol. The summed E-state index contributed by atoms with van der Waals surface area (Å²) in [6.45, 7) is 6.72. The average molecular weight is 399 g/mol. The van der Waals surface area contributed by atoms with Crippen LogP contribution in [0.25, 0.3) is 6.08 Å². The van der Waals surface area contributed by atoms with Crippen LogP contribution in [0.2, 0.25) is 0 Å². The highest BCUT2D eigenvalue weighted by molar-refractivity contribution is 8.26. The van der Waals surface area contributed by atoms with E-state index in [4.69, 9.17) is 17.0 Å². The van der Waals surface area contributed by atoms with Gasteiger partial charge in [-0.05, 0) is 59.4 Å². The molecule has 0 radical (unpaired) electrons. The Morgan fingerprint density at radius 2 is 2.15 bits per heavy atom. The standard InChI is InChI=1S/C21H22N2O2S2/c1-13(2)17-9-16(14(3)8-18(17)25-4)10-19-20(24)23(21(26)27-19)12-15-6-5-7-22-11-15/h5-11,13H,12H2,1-4H3/b19-10-. The fourth-order valence-electron chi connectivity index (χ4n) is 2.95. The molecule has 1 aromatic carbocycles. The molecular weight excluding hydrogens is 376 g/mol. The maximum atomic E-state index is 12.9. The monoisotopic (exact) mass is 398 g/mol. The molecule has 6 heteroatoms. The highest BCUT2D eigenvalue weighted by atomic mass is 32.2. The minimum Gasteiger partial charge on any atom is -0.496 e. The molecule has 0 bridgehead atoms. The zero-order chi connectivity index (χ0) is 19.6. The van der Waals surface area contributed by atoms with Gasteiger partial charge in [-0.1, -0.05) is 43.9 Å². The van der Waals surface area contributed by atoms with Gasteiger partial charge in [0.25, 0.3) is 5.91 Å². The topological polar surface area (TPSA) is 42.4 Å². The molecule has 1 saturated heterocycles. The molecule has 3 rings (SSSR count). The molecule has 140 valence electrons. The van der Waals surface area contributed by atoms with Crippen molar-refractivity contribution in [3.63, 3.8) is 0 Å². The van der Waals surface area contributed by atoms with E-state index in [2.05, 4.69) is 24.9 Å². The van der Waals surface area contributed by atoms with Crippen LogP contribution in [0.5, 0.6) is 5.75 Å². The number of nitrogens with zero attached hydrogens (tertiary/aromatic N) is 2. The van der Waals surface area contributed by atoms with Crippen LogP contribution in [0.4, 0.5) is 0 Å². The molecule has 4 nitrogen and oxygen atoms in total.